The van der Waals surface area contributed by atoms with Gasteiger partial charge < -0.3 is 10.4 Å². The summed E-state index contributed by atoms with van der Waals surface area (Å²) < 4.78 is 1.97. The summed E-state index contributed by atoms with van der Waals surface area (Å²) >= 11 is 8.91. The number of para-hydroxylation sites is 1. The van der Waals surface area contributed by atoms with Crippen molar-refractivity contribution in [2.45, 2.75) is 22.7 Å². The first kappa shape index (κ1) is 23.2. The van der Waals surface area contributed by atoms with Crippen LogP contribution in [-0.4, -0.2) is 31.5 Å². The van der Waals surface area contributed by atoms with Gasteiger partial charge in [-0.1, -0.05) is 59.3 Å². The van der Waals surface area contributed by atoms with Gasteiger partial charge in [-0.2, -0.15) is 0 Å². The lowest BCUT2D eigenvalue weighted by Crippen LogP contribution is -2.14. The van der Waals surface area contributed by atoms with Crippen molar-refractivity contribution in [3.8, 4) is 11.4 Å². The second kappa shape index (κ2) is 10.8. The van der Waals surface area contributed by atoms with Gasteiger partial charge in [-0.15, -0.1) is 22.0 Å². The summed E-state index contributed by atoms with van der Waals surface area (Å²) in [6, 6.07) is 22.7. The zero-order chi connectivity index (χ0) is 23.2. The standard InChI is InChI=1S/C24H21ClN4O2S2/c1-16-7-10-19(11-8-16)32-14-22-27-28-24(29(22)18-5-3-2-4-6-18)33-15-23(31)26-20-13-17(25)9-12-21(20)30/h2-13,30H,14-15H2,1H3,(H,26,31). The van der Waals surface area contributed by atoms with Gasteiger partial charge in [-0.25, -0.2) is 0 Å². The summed E-state index contributed by atoms with van der Waals surface area (Å²) in [6.45, 7) is 2.06. The molecule has 4 aromatic rings. The first-order valence-electron chi connectivity index (χ1n) is 10.1. The molecule has 4 rings (SSSR count). The topological polar surface area (TPSA) is 80.0 Å². The van der Waals surface area contributed by atoms with Gasteiger partial charge in [0.05, 0.1) is 17.2 Å². The fourth-order valence-corrected chi connectivity index (χ4v) is 4.78. The molecule has 0 atom stereocenters. The molecule has 0 saturated heterocycles. The largest absolute Gasteiger partial charge is 0.506 e. The number of aryl methyl sites for hydroxylation is 1. The number of anilines is 1. The monoisotopic (exact) mass is 496 g/mol. The van der Waals surface area contributed by atoms with Crippen molar-refractivity contribution in [2.24, 2.45) is 0 Å². The molecular formula is C24H21ClN4O2S2. The Labute approximate surface area is 205 Å². The predicted molar refractivity (Wildman–Crippen MR) is 135 cm³/mol. The number of nitrogens with zero attached hydrogens (tertiary/aromatic N) is 3. The first-order valence-corrected chi connectivity index (χ1v) is 12.4. The number of halogens is 1. The van der Waals surface area contributed by atoms with Gasteiger partial charge in [0, 0.05) is 15.6 Å². The maximum atomic E-state index is 12.5. The second-order valence-electron chi connectivity index (χ2n) is 7.17. The average molecular weight is 497 g/mol. The van der Waals surface area contributed by atoms with Crippen LogP contribution < -0.4 is 5.32 Å². The number of carbonyl (C=O) groups excluding carboxylic acids is 1. The minimum absolute atomic E-state index is 0.0411. The molecule has 0 aliphatic rings. The van der Waals surface area contributed by atoms with Crippen LogP contribution in [0.15, 0.2) is 82.8 Å². The zero-order valence-corrected chi connectivity index (χ0v) is 20.1. The second-order valence-corrected chi connectivity index (χ2v) is 9.60. The highest BCUT2D eigenvalue weighted by atomic mass is 35.5. The number of phenolic OH excluding ortho intramolecular Hbond substituents is 1. The maximum Gasteiger partial charge on any atom is 0.234 e. The Hall–Kier alpha value is -2.94. The number of benzene rings is 3. The minimum Gasteiger partial charge on any atom is -0.506 e. The Morgan fingerprint density at radius 1 is 1.03 bits per heavy atom. The zero-order valence-electron chi connectivity index (χ0n) is 17.7. The van der Waals surface area contributed by atoms with E-state index in [1.165, 1.54) is 29.5 Å². The number of carbonyl (C=O) groups is 1. The molecule has 2 N–H and O–H groups in total. The van der Waals surface area contributed by atoms with Gasteiger partial charge in [-0.3, -0.25) is 9.36 Å². The molecule has 0 bridgehead atoms. The predicted octanol–water partition coefficient (Wildman–Crippen LogP) is 5.96. The Morgan fingerprint density at radius 2 is 1.79 bits per heavy atom. The van der Waals surface area contributed by atoms with E-state index < -0.39 is 0 Å². The molecule has 168 valence electrons. The van der Waals surface area contributed by atoms with Gasteiger partial charge in [0.25, 0.3) is 0 Å². The lowest BCUT2D eigenvalue weighted by molar-refractivity contribution is -0.113. The van der Waals surface area contributed by atoms with E-state index in [1.54, 1.807) is 17.8 Å². The molecule has 9 heteroatoms. The smallest absolute Gasteiger partial charge is 0.234 e. The lowest BCUT2D eigenvalue weighted by Gasteiger charge is -2.11. The molecule has 0 fully saturated rings. The molecule has 33 heavy (non-hydrogen) atoms. The highest BCUT2D eigenvalue weighted by molar-refractivity contribution is 7.99. The van der Waals surface area contributed by atoms with Gasteiger partial charge in [-0.05, 0) is 49.4 Å². The van der Waals surface area contributed by atoms with E-state index >= 15 is 0 Å². The number of phenols is 1. The minimum atomic E-state index is -0.282. The number of aromatic hydroxyl groups is 1. The SMILES string of the molecule is Cc1ccc(SCc2nnc(SCC(=O)Nc3cc(Cl)ccc3O)n2-c2ccccc2)cc1. The third kappa shape index (κ3) is 6.10. The van der Waals surface area contributed by atoms with Crippen molar-refractivity contribution in [1.82, 2.24) is 14.8 Å². The van der Waals surface area contributed by atoms with E-state index in [1.807, 2.05) is 34.9 Å². The van der Waals surface area contributed by atoms with E-state index in [2.05, 4.69) is 46.7 Å². The molecule has 0 aliphatic heterocycles. The van der Waals surface area contributed by atoms with Crippen molar-refractivity contribution in [3.05, 3.63) is 89.2 Å². The molecule has 0 unspecified atom stereocenters. The van der Waals surface area contributed by atoms with Crippen LogP contribution in [0.3, 0.4) is 0 Å². The van der Waals surface area contributed by atoms with Crippen molar-refractivity contribution in [2.75, 3.05) is 11.1 Å². The lowest BCUT2D eigenvalue weighted by atomic mass is 10.2. The maximum absolute atomic E-state index is 12.5. The van der Waals surface area contributed by atoms with Crippen molar-refractivity contribution in [1.29, 1.82) is 0 Å². The number of aromatic nitrogens is 3. The van der Waals surface area contributed by atoms with Crippen LogP contribution in [-0.2, 0) is 10.5 Å². The number of amides is 1. The number of hydrogen-bond acceptors (Lipinski definition) is 6. The van der Waals surface area contributed by atoms with Gasteiger partial charge in [0.15, 0.2) is 5.16 Å². The van der Waals surface area contributed by atoms with Gasteiger partial charge in [0.1, 0.15) is 11.6 Å². The molecule has 1 amide bonds. The summed E-state index contributed by atoms with van der Waals surface area (Å²) in [5.74, 6) is 1.20. The fraction of sp³-hybridized carbons (Fsp3) is 0.125. The normalized spacial score (nSPS) is 10.8. The van der Waals surface area contributed by atoms with Crippen LogP contribution in [0.25, 0.3) is 5.69 Å². The quantitative estimate of drug-likeness (QED) is 0.231. The average Bonchev–Trinajstić information content (AvgIpc) is 3.23. The fourth-order valence-electron chi connectivity index (χ4n) is 3.03. The van der Waals surface area contributed by atoms with Crippen LogP contribution in [0.5, 0.6) is 5.75 Å². The molecular weight excluding hydrogens is 476 g/mol. The Kier molecular flexibility index (Phi) is 7.59. The van der Waals surface area contributed by atoms with E-state index in [4.69, 9.17) is 11.6 Å². The van der Waals surface area contributed by atoms with Crippen molar-refractivity contribution in [3.63, 3.8) is 0 Å². The van der Waals surface area contributed by atoms with Crippen molar-refractivity contribution >= 4 is 46.7 Å². The van der Waals surface area contributed by atoms with E-state index in [0.717, 1.165) is 16.4 Å². The molecule has 0 spiro atoms. The Bertz CT molecular complexity index is 1250. The number of nitrogens with one attached hydrogen (secondary N) is 1. The third-order valence-corrected chi connectivity index (χ3v) is 6.84. The molecule has 6 nitrogen and oxygen atoms in total. The molecule has 0 saturated carbocycles. The van der Waals surface area contributed by atoms with Crippen LogP contribution in [0.4, 0.5) is 5.69 Å². The summed E-state index contributed by atoms with van der Waals surface area (Å²) in [5.41, 5.74) is 2.42. The molecule has 0 aliphatic carbocycles. The highest BCUT2D eigenvalue weighted by Gasteiger charge is 2.17. The first-order chi connectivity index (χ1) is 16.0. The molecule has 0 radical (unpaired) electrons. The van der Waals surface area contributed by atoms with Crippen LogP contribution in [0, 0.1) is 6.92 Å². The summed E-state index contributed by atoms with van der Waals surface area (Å²) in [6.07, 6.45) is 0. The van der Waals surface area contributed by atoms with Crippen molar-refractivity contribution < 1.29 is 9.90 Å². The summed E-state index contributed by atoms with van der Waals surface area (Å²) in [7, 11) is 0. The summed E-state index contributed by atoms with van der Waals surface area (Å²) in [4.78, 5) is 13.6. The number of thioether (sulfide) groups is 2. The molecule has 3 aromatic carbocycles. The third-order valence-electron chi connectivity index (χ3n) is 4.67. The van der Waals surface area contributed by atoms with Crippen LogP contribution >= 0.6 is 35.1 Å². The molecule has 1 aromatic heterocycles. The van der Waals surface area contributed by atoms with Crippen LogP contribution in [0.2, 0.25) is 5.02 Å². The number of rotatable bonds is 8. The van der Waals surface area contributed by atoms with Crippen LogP contribution in [0.1, 0.15) is 11.4 Å². The van der Waals surface area contributed by atoms with Gasteiger partial charge >= 0.3 is 0 Å². The Morgan fingerprint density at radius 3 is 2.55 bits per heavy atom. The van der Waals surface area contributed by atoms with E-state index in [-0.39, 0.29) is 23.1 Å². The van der Waals surface area contributed by atoms with Gasteiger partial charge in [0.2, 0.25) is 5.91 Å². The Balaban J connectivity index is 1.49. The summed E-state index contributed by atoms with van der Waals surface area (Å²) in [5, 5.41) is 22.4. The highest BCUT2D eigenvalue weighted by Crippen LogP contribution is 2.29. The van der Waals surface area contributed by atoms with E-state index in [9.17, 15) is 9.90 Å². The van der Waals surface area contributed by atoms with E-state index in [0.29, 0.717) is 15.9 Å². The molecule has 1 heterocycles. The number of hydrogen-bond donors (Lipinski definition) is 2.